The van der Waals surface area contributed by atoms with Crippen LogP contribution in [0.15, 0.2) is 30.0 Å². The molecule has 1 aromatic carbocycles. The Balaban J connectivity index is 1.48. The Morgan fingerprint density at radius 2 is 2.04 bits per heavy atom. The van der Waals surface area contributed by atoms with Gasteiger partial charge in [-0.1, -0.05) is 0 Å². The van der Waals surface area contributed by atoms with E-state index in [1.54, 1.807) is 6.20 Å². The quantitative estimate of drug-likeness (QED) is 0.792. The molecule has 0 aromatic heterocycles. The SMILES string of the molecule is CN1C(=O)C2=CN([C@H]3CO[C@H](c4cc(F)ccc4F)[C@@H](N)C3)CC2C1=O. The molecule has 6 nitrogen and oxygen atoms in total. The summed E-state index contributed by atoms with van der Waals surface area (Å²) in [4.78, 5) is 27.2. The summed E-state index contributed by atoms with van der Waals surface area (Å²) in [5.74, 6) is -2.02. The molecule has 2 fully saturated rings. The predicted octanol–water partition coefficient (Wildman–Crippen LogP) is 0.936. The van der Waals surface area contributed by atoms with Gasteiger partial charge in [-0.3, -0.25) is 14.5 Å². The summed E-state index contributed by atoms with van der Waals surface area (Å²) in [7, 11) is 1.48. The van der Waals surface area contributed by atoms with Gasteiger partial charge in [0.25, 0.3) is 5.91 Å². The molecule has 0 saturated carbocycles. The number of likely N-dealkylation sites (tertiary alicyclic amines) is 1. The Morgan fingerprint density at radius 1 is 1.27 bits per heavy atom. The summed E-state index contributed by atoms with van der Waals surface area (Å²) in [6.07, 6.45) is 1.46. The molecule has 0 bridgehead atoms. The van der Waals surface area contributed by atoms with E-state index in [0.717, 1.165) is 23.1 Å². The number of rotatable bonds is 2. The van der Waals surface area contributed by atoms with E-state index < -0.39 is 29.7 Å². The standard InChI is InChI=1S/C18H19F2N3O3/c1-22-17(24)12-6-23(7-13(12)18(22)25)10-5-15(21)16(26-8-10)11-4-9(19)2-3-14(11)20/h2-4,6,10,13,15-16H,5,7-8,21H2,1H3/t10-,13?,15+,16-/m1/s1. The van der Waals surface area contributed by atoms with Gasteiger partial charge in [-0.05, 0) is 24.6 Å². The molecule has 26 heavy (non-hydrogen) atoms. The van der Waals surface area contributed by atoms with Gasteiger partial charge in [0.2, 0.25) is 5.91 Å². The fourth-order valence-electron chi connectivity index (χ4n) is 3.96. The fraction of sp³-hybridized carbons (Fsp3) is 0.444. The Hall–Kier alpha value is -2.32. The van der Waals surface area contributed by atoms with Crippen LogP contribution in [-0.2, 0) is 14.3 Å². The third-order valence-electron chi connectivity index (χ3n) is 5.39. The first-order valence-corrected chi connectivity index (χ1v) is 8.48. The largest absolute Gasteiger partial charge is 0.370 e. The van der Waals surface area contributed by atoms with Crippen LogP contribution in [0.3, 0.4) is 0 Å². The van der Waals surface area contributed by atoms with E-state index in [9.17, 15) is 18.4 Å². The van der Waals surface area contributed by atoms with E-state index >= 15 is 0 Å². The lowest BCUT2D eigenvalue weighted by molar-refractivity contribution is -0.137. The summed E-state index contributed by atoms with van der Waals surface area (Å²) in [6.45, 7) is 0.660. The molecule has 8 heteroatoms. The van der Waals surface area contributed by atoms with Crippen LogP contribution >= 0.6 is 0 Å². The minimum atomic E-state index is -0.730. The monoisotopic (exact) mass is 363 g/mol. The number of nitrogens with zero attached hydrogens (tertiary/aromatic N) is 2. The van der Waals surface area contributed by atoms with Crippen molar-refractivity contribution in [3.8, 4) is 0 Å². The van der Waals surface area contributed by atoms with E-state index in [1.165, 1.54) is 7.05 Å². The van der Waals surface area contributed by atoms with Crippen molar-refractivity contribution in [2.45, 2.75) is 24.6 Å². The number of carbonyl (C=O) groups excluding carboxylic acids is 2. The number of ether oxygens (including phenoxy) is 1. The summed E-state index contributed by atoms with van der Waals surface area (Å²) < 4.78 is 33.2. The first-order chi connectivity index (χ1) is 12.4. The molecule has 0 spiro atoms. The molecule has 3 aliphatic rings. The molecule has 2 saturated heterocycles. The highest BCUT2D eigenvalue weighted by molar-refractivity contribution is 6.15. The van der Waals surface area contributed by atoms with Gasteiger partial charge in [0.15, 0.2) is 0 Å². The van der Waals surface area contributed by atoms with E-state index in [1.807, 2.05) is 4.90 Å². The number of hydrogen-bond donors (Lipinski definition) is 1. The second kappa shape index (κ2) is 6.14. The average Bonchev–Trinajstić information content (AvgIpc) is 3.14. The normalized spacial score (nSPS) is 31.5. The minimum Gasteiger partial charge on any atom is -0.370 e. The predicted molar refractivity (Wildman–Crippen MR) is 87.5 cm³/mol. The van der Waals surface area contributed by atoms with Crippen LogP contribution in [0.2, 0.25) is 0 Å². The first-order valence-electron chi connectivity index (χ1n) is 8.48. The van der Waals surface area contributed by atoms with Gasteiger partial charge in [0.05, 0.1) is 18.6 Å². The number of amides is 2. The van der Waals surface area contributed by atoms with Crippen molar-refractivity contribution in [1.29, 1.82) is 0 Å². The molecule has 2 amide bonds. The summed E-state index contributed by atoms with van der Waals surface area (Å²) in [5, 5.41) is 0. The molecular weight excluding hydrogens is 344 g/mol. The molecule has 0 aliphatic carbocycles. The summed E-state index contributed by atoms with van der Waals surface area (Å²) in [5.41, 5.74) is 6.78. The van der Waals surface area contributed by atoms with Gasteiger partial charge >= 0.3 is 0 Å². The highest BCUT2D eigenvalue weighted by Crippen LogP contribution is 2.36. The maximum atomic E-state index is 14.0. The number of nitrogens with two attached hydrogens (primary N) is 1. The number of fused-ring (bicyclic) bond motifs is 1. The van der Waals surface area contributed by atoms with E-state index in [2.05, 4.69) is 0 Å². The fourth-order valence-corrected chi connectivity index (χ4v) is 3.96. The molecule has 1 aromatic rings. The van der Waals surface area contributed by atoms with Crippen LogP contribution in [0, 0.1) is 17.6 Å². The third-order valence-corrected chi connectivity index (χ3v) is 5.39. The molecular formula is C18H19F2N3O3. The number of benzene rings is 1. The van der Waals surface area contributed by atoms with Gasteiger partial charge < -0.3 is 15.4 Å². The highest BCUT2D eigenvalue weighted by atomic mass is 19.1. The number of hydrogen-bond acceptors (Lipinski definition) is 5. The number of halogens is 2. The van der Waals surface area contributed by atoms with Gasteiger partial charge in [0, 0.05) is 37.0 Å². The summed E-state index contributed by atoms with van der Waals surface area (Å²) >= 11 is 0. The summed E-state index contributed by atoms with van der Waals surface area (Å²) in [6, 6.07) is 2.57. The third kappa shape index (κ3) is 2.60. The highest BCUT2D eigenvalue weighted by Gasteiger charge is 2.47. The second-order valence-corrected chi connectivity index (χ2v) is 7.01. The van der Waals surface area contributed by atoms with Crippen molar-refractivity contribution in [1.82, 2.24) is 9.80 Å². The van der Waals surface area contributed by atoms with Crippen molar-refractivity contribution >= 4 is 11.8 Å². The van der Waals surface area contributed by atoms with Crippen LogP contribution < -0.4 is 5.73 Å². The molecule has 4 rings (SSSR count). The molecule has 4 atom stereocenters. The topological polar surface area (TPSA) is 75.9 Å². The van der Waals surface area contributed by atoms with Crippen LogP contribution in [0.25, 0.3) is 0 Å². The zero-order chi connectivity index (χ0) is 18.6. The van der Waals surface area contributed by atoms with Crippen molar-refractivity contribution in [3.05, 3.63) is 47.2 Å². The van der Waals surface area contributed by atoms with Gasteiger partial charge in [0.1, 0.15) is 17.7 Å². The smallest absolute Gasteiger partial charge is 0.258 e. The Labute approximate surface area is 149 Å². The minimum absolute atomic E-state index is 0.111. The lowest BCUT2D eigenvalue weighted by Crippen LogP contribution is -2.48. The lowest BCUT2D eigenvalue weighted by Gasteiger charge is -2.39. The van der Waals surface area contributed by atoms with E-state index in [0.29, 0.717) is 18.5 Å². The Morgan fingerprint density at radius 3 is 2.73 bits per heavy atom. The molecule has 0 radical (unpaired) electrons. The molecule has 3 heterocycles. The van der Waals surface area contributed by atoms with Crippen LogP contribution in [0.5, 0.6) is 0 Å². The number of imide groups is 1. The van der Waals surface area contributed by atoms with Crippen molar-refractivity contribution in [2.75, 3.05) is 20.2 Å². The molecule has 1 unspecified atom stereocenters. The van der Waals surface area contributed by atoms with Crippen molar-refractivity contribution < 1.29 is 23.1 Å². The Kier molecular flexibility index (Phi) is 4.04. The van der Waals surface area contributed by atoms with Crippen molar-refractivity contribution in [3.63, 3.8) is 0 Å². The van der Waals surface area contributed by atoms with E-state index in [4.69, 9.17) is 10.5 Å². The maximum Gasteiger partial charge on any atom is 0.258 e. The van der Waals surface area contributed by atoms with Gasteiger partial charge in [-0.2, -0.15) is 0 Å². The zero-order valence-electron chi connectivity index (χ0n) is 14.2. The number of carbonyl (C=O) groups is 2. The van der Waals surface area contributed by atoms with Crippen LogP contribution in [0.1, 0.15) is 18.1 Å². The zero-order valence-corrected chi connectivity index (χ0v) is 14.2. The Bertz CT molecular complexity index is 813. The lowest BCUT2D eigenvalue weighted by atomic mass is 9.93. The van der Waals surface area contributed by atoms with Crippen molar-refractivity contribution in [2.24, 2.45) is 11.7 Å². The molecule has 3 aliphatic heterocycles. The van der Waals surface area contributed by atoms with Gasteiger partial charge in [-0.25, -0.2) is 8.78 Å². The maximum absolute atomic E-state index is 14.0. The van der Waals surface area contributed by atoms with Gasteiger partial charge in [-0.15, -0.1) is 0 Å². The van der Waals surface area contributed by atoms with Crippen LogP contribution in [0.4, 0.5) is 8.78 Å². The number of likely N-dealkylation sites (N-methyl/N-ethyl adjacent to an activating group) is 1. The first kappa shape index (κ1) is 17.1. The van der Waals surface area contributed by atoms with Crippen LogP contribution in [-0.4, -0.2) is 53.9 Å². The molecule has 138 valence electrons. The average molecular weight is 363 g/mol. The van der Waals surface area contributed by atoms with E-state index in [-0.39, 0.29) is 30.0 Å². The molecule has 2 N–H and O–H groups in total. The second-order valence-electron chi connectivity index (χ2n) is 7.01.